The molecule has 0 spiro atoms. The van der Waals surface area contributed by atoms with Crippen LogP contribution >= 0.6 is 0 Å². The Morgan fingerprint density at radius 2 is 2.05 bits per heavy atom. The largest absolute Gasteiger partial charge is 0.478 e. The first-order valence-electron chi connectivity index (χ1n) is 6.33. The monoisotopic (exact) mass is 258 g/mol. The van der Waals surface area contributed by atoms with Gasteiger partial charge in [-0.1, -0.05) is 32.0 Å². The number of fused-ring (bicyclic) bond motifs is 1. The Morgan fingerprint density at radius 3 is 2.68 bits per heavy atom. The fourth-order valence-electron chi connectivity index (χ4n) is 2.33. The summed E-state index contributed by atoms with van der Waals surface area (Å²) in [6, 6.07) is 7.62. The second kappa shape index (κ2) is 5.26. The molecule has 4 nitrogen and oxygen atoms in total. The number of hydrogen-bond acceptors (Lipinski definition) is 3. The first-order chi connectivity index (χ1) is 9.00. The SMILES string of the molecule is CC(C)CN(C)c1c(C(=O)O)cnc2ccccc12. The highest BCUT2D eigenvalue weighted by molar-refractivity contribution is 6.04. The number of pyridine rings is 1. The van der Waals surface area contributed by atoms with Crippen molar-refractivity contribution >= 4 is 22.6 Å². The van der Waals surface area contributed by atoms with Gasteiger partial charge in [0.15, 0.2) is 0 Å². The fraction of sp³-hybridized carbons (Fsp3) is 0.333. The van der Waals surface area contributed by atoms with Crippen molar-refractivity contribution in [1.29, 1.82) is 0 Å². The fourth-order valence-corrected chi connectivity index (χ4v) is 2.33. The van der Waals surface area contributed by atoms with E-state index in [-0.39, 0.29) is 5.56 Å². The van der Waals surface area contributed by atoms with Crippen molar-refractivity contribution in [3.8, 4) is 0 Å². The van der Waals surface area contributed by atoms with Gasteiger partial charge in [-0.2, -0.15) is 0 Å². The van der Waals surface area contributed by atoms with Gasteiger partial charge < -0.3 is 10.0 Å². The van der Waals surface area contributed by atoms with E-state index in [0.29, 0.717) is 5.92 Å². The normalized spacial score (nSPS) is 10.9. The number of para-hydroxylation sites is 1. The van der Waals surface area contributed by atoms with E-state index in [1.807, 2.05) is 36.2 Å². The van der Waals surface area contributed by atoms with Crippen LogP contribution in [0.3, 0.4) is 0 Å². The van der Waals surface area contributed by atoms with Crippen molar-refractivity contribution < 1.29 is 9.90 Å². The molecule has 0 fully saturated rings. The van der Waals surface area contributed by atoms with E-state index in [0.717, 1.165) is 23.1 Å². The second-order valence-corrected chi connectivity index (χ2v) is 5.12. The van der Waals surface area contributed by atoms with Crippen LogP contribution in [-0.4, -0.2) is 29.7 Å². The number of carboxylic acid groups (broad SMARTS) is 1. The first kappa shape index (κ1) is 13.3. The molecule has 0 aliphatic carbocycles. The highest BCUT2D eigenvalue weighted by Crippen LogP contribution is 2.29. The average Bonchev–Trinajstić information content (AvgIpc) is 2.36. The molecule has 0 bridgehead atoms. The Bertz CT molecular complexity index is 608. The lowest BCUT2D eigenvalue weighted by Gasteiger charge is -2.24. The zero-order valence-corrected chi connectivity index (χ0v) is 11.4. The third kappa shape index (κ3) is 2.67. The van der Waals surface area contributed by atoms with Crippen LogP contribution in [0.4, 0.5) is 5.69 Å². The Hall–Kier alpha value is -2.10. The topological polar surface area (TPSA) is 53.4 Å². The highest BCUT2D eigenvalue weighted by atomic mass is 16.4. The summed E-state index contributed by atoms with van der Waals surface area (Å²) in [6.45, 7) is 5.02. The summed E-state index contributed by atoms with van der Waals surface area (Å²) < 4.78 is 0. The van der Waals surface area contributed by atoms with E-state index in [9.17, 15) is 9.90 Å². The lowest BCUT2D eigenvalue weighted by molar-refractivity contribution is 0.0697. The summed E-state index contributed by atoms with van der Waals surface area (Å²) in [5, 5.41) is 10.2. The molecule has 0 saturated heterocycles. The third-order valence-electron chi connectivity index (χ3n) is 3.00. The molecular formula is C15H18N2O2. The van der Waals surface area contributed by atoms with Gasteiger partial charge in [-0.15, -0.1) is 0 Å². The van der Waals surface area contributed by atoms with E-state index < -0.39 is 5.97 Å². The van der Waals surface area contributed by atoms with Gasteiger partial charge in [0.1, 0.15) is 5.56 Å². The van der Waals surface area contributed by atoms with Crippen molar-refractivity contribution in [2.45, 2.75) is 13.8 Å². The van der Waals surface area contributed by atoms with Crippen LogP contribution in [0, 0.1) is 5.92 Å². The number of aromatic carboxylic acids is 1. The lowest BCUT2D eigenvalue weighted by atomic mass is 10.1. The lowest BCUT2D eigenvalue weighted by Crippen LogP contribution is -2.25. The molecule has 0 radical (unpaired) electrons. The Labute approximate surface area is 112 Å². The smallest absolute Gasteiger partial charge is 0.339 e. The van der Waals surface area contributed by atoms with Gasteiger partial charge in [0.25, 0.3) is 0 Å². The van der Waals surface area contributed by atoms with Gasteiger partial charge >= 0.3 is 5.97 Å². The van der Waals surface area contributed by atoms with Gasteiger partial charge in [0.05, 0.1) is 11.2 Å². The van der Waals surface area contributed by atoms with Crippen molar-refractivity contribution in [2.75, 3.05) is 18.5 Å². The van der Waals surface area contributed by atoms with Crippen LogP contribution in [0.5, 0.6) is 0 Å². The number of rotatable bonds is 4. The molecular weight excluding hydrogens is 240 g/mol. The second-order valence-electron chi connectivity index (χ2n) is 5.12. The van der Waals surface area contributed by atoms with Crippen LogP contribution in [0.2, 0.25) is 0 Å². The van der Waals surface area contributed by atoms with Gasteiger partial charge in [0.2, 0.25) is 0 Å². The van der Waals surface area contributed by atoms with Crippen molar-refractivity contribution in [3.05, 3.63) is 36.0 Å². The number of carboxylic acids is 1. The van der Waals surface area contributed by atoms with Crippen molar-refractivity contribution in [3.63, 3.8) is 0 Å². The van der Waals surface area contributed by atoms with E-state index in [2.05, 4.69) is 18.8 Å². The maximum absolute atomic E-state index is 11.4. The summed E-state index contributed by atoms with van der Waals surface area (Å²) in [4.78, 5) is 17.6. The number of benzene rings is 1. The Balaban J connectivity index is 2.65. The molecule has 0 amide bonds. The summed E-state index contributed by atoms with van der Waals surface area (Å²) in [5.41, 5.74) is 1.81. The van der Waals surface area contributed by atoms with Crippen molar-refractivity contribution in [2.24, 2.45) is 5.92 Å². The number of anilines is 1. The van der Waals surface area contributed by atoms with Gasteiger partial charge in [0, 0.05) is 25.2 Å². The van der Waals surface area contributed by atoms with E-state index >= 15 is 0 Å². The van der Waals surface area contributed by atoms with Crippen LogP contribution in [0.25, 0.3) is 10.9 Å². The highest BCUT2D eigenvalue weighted by Gasteiger charge is 2.18. The van der Waals surface area contributed by atoms with Gasteiger partial charge in [-0.25, -0.2) is 4.79 Å². The molecule has 0 aliphatic heterocycles. The van der Waals surface area contributed by atoms with Crippen LogP contribution in [-0.2, 0) is 0 Å². The molecule has 2 rings (SSSR count). The number of hydrogen-bond donors (Lipinski definition) is 1. The molecule has 2 aromatic rings. The first-order valence-corrected chi connectivity index (χ1v) is 6.33. The van der Waals surface area contributed by atoms with E-state index in [4.69, 9.17) is 0 Å². The standard InChI is InChI=1S/C15H18N2O2/c1-10(2)9-17(3)14-11-6-4-5-7-13(11)16-8-12(14)15(18)19/h4-8,10H,9H2,1-3H3,(H,18,19). The van der Waals surface area contributed by atoms with Crippen LogP contribution < -0.4 is 4.90 Å². The molecule has 1 aromatic heterocycles. The van der Waals surface area contributed by atoms with E-state index in [1.165, 1.54) is 6.20 Å². The third-order valence-corrected chi connectivity index (χ3v) is 3.00. The number of nitrogens with zero attached hydrogens (tertiary/aromatic N) is 2. The molecule has 1 N–H and O–H groups in total. The Kier molecular flexibility index (Phi) is 3.69. The molecule has 0 aliphatic rings. The molecule has 0 unspecified atom stereocenters. The molecule has 100 valence electrons. The minimum Gasteiger partial charge on any atom is -0.478 e. The molecule has 0 saturated carbocycles. The zero-order valence-electron chi connectivity index (χ0n) is 11.4. The van der Waals surface area contributed by atoms with Crippen LogP contribution in [0.1, 0.15) is 24.2 Å². The minimum atomic E-state index is -0.941. The number of aromatic nitrogens is 1. The zero-order chi connectivity index (χ0) is 14.0. The molecule has 1 heterocycles. The summed E-state index contributed by atoms with van der Waals surface area (Å²) in [6.07, 6.45) is 1.44. The summed E-state index contributed by atoms with van der Waals surface area (Å²) >= 11 is 0. The van der Waals surface area contributed by atoms with Crippen molar-refractivity contribution in [1.82, 2.24) is 4.98 Å². The Morgan fingerprint density at radius 1 is 1.37 bits per heavy atom. The summed E-state index contributed by atoms with van der Waals surface area (Å²) in [7, 11) is 1.92. The summed E-state index contributed by atoms with van der Waals surface area (Å²) in [5.74, 6) is -0.484. The van der Waals surface area contributed by atoms with Gasteiger partial charge in [-0.3, -0.25) is 4.98 Å². The van der Waals surface area contributed by atoms with Gasteiger partial charge in [-0.05, 0) is 12.0 Å². The maximum Gasteiger partial charge on any atom is 0.339 e. The quantitative estimate of drug-likeness (QED) is 0.915. The van der Waals surface area contributed by atoms with Crippen LogP contribution in [0.15, 0.2) is 30.5 Å². The number of carbonyl (C=O) groups is 1. The minimum absolute atomic E-state index is 0.252. The molecule has 4 heteroatoms. The average molecular weight is 258 g/mol. The molecule has 0 atom stereocenters. The molecule has 1 aromatic carbocycles. The predicted octanol–water partition coefficient (Wildman–Crippen LogP) is 3.03. The maximum atomic E-state index is 11.4. The van der Waals surface area contributed by atoms with E-state index in [1.54, 1.807) is 0 Å². The molecule has 19 heavy (non-hydrogen) atoms. The predicted molar refractivity (Wildman–Crippen MR) is 76.8 cm³/mol.